The Labute approximate surface area is 327 Å². The van der Waals surface area contributed by atoms with Crippen molar-refractivity contribution in [2.45, 2.75) is 20.8 Å². The van der Waals surface area contributed by atoms with E-state index in [1.54, 1.807) is 0 Å². The van der Waals surface area contributed by atoms with Gasteiger partial charge in [0.05, 0.1) is 5.69 Å². The van der Waals surface area contributed by atoms with Crippen LogP contribution in [0.3, 0.4) is 0 Å². The second-order valence-corrected chi connectivity index (χ2v) is 15.2. The third-order valence-corrected chi connectivity index (χ3v) is 11.6. The maximum atomic E-state index is 6.67. The van der Waals surface area contributed by atoms with Gasteiger partial charge in [-0.25, -0.2) is 0 Å². The summed E-state index contributed by atoms with van der Waals surface area (Å²) >= 11 is 0. The molecule has 11 rings (SSSR count). The van der Waals surface area contributed by atoms with E-state index in [1.807, 2.05) is 6.07 Å². The van der Waals surface area contributed by atoms with Gasteiger partial charge in [0.25, 0.3) is 6.71 Å². The van der Waals surface area contributed by atoms with Crippen LogP contribution in [-0.4, -0.2) is 6.71 Å². The summed E-state index contributed by atoms with van der Waals surface area (Å²) in [6.45, 7) is 6.55. The molecule has 0 saturated heterocycles. The number of fused-ring (bicyclic) bond motifs is 7. The fraction of sp³-hybridized carbons (Fsp3) is 0.0588. The van der Waals surface area contributed by atoms with Gasteiger partial charge in [0, 0.05) is 56.3 Å². The summed E-state index contributed by atoms with van der Waals surface area (Å²) in [5.41, 5.74) is 19.6. The predicted molar refractivity (Wildman–Crippen MR) is 237 cm³/mol. The van der Waals surface area contributed by atoms with Crippen LogP contribution >= 0.6 is 0 Å². The number of para-hydroxylation sites is 3. The number of furan rings is 1. The van der Waals surface area contributed by atoms with E-state index in [2.05, 4.69) is 205 Å². The summed E-state index contributed by atoms with van der Waals surface area (Å²) in [6, 6.07) is 64.2. The highest BCUT2D eigenvalue weighted by molar-refractivity contribution is 7.00. The number of rotatable bonds is 5. The molecule has 0 unspecified atom stereocenters. The third-order valence-electron chi connectivity index (χ3n) is 11.6. The molecular weight excluding hydrogens is 681 g/mol. The van der Waals surface area contributed by atoms with Gasteiger partial charge in [-0.3, -0.25) is 0 Å². The monoisotopic (exact) mass is 719 g/mol. The van der Waals surface area contributed by atoms with Gasteiger partial charge in [-0.1, -0.05) is 114 Å². The van der Waals surface area contributed by atoms with Crippen molar-refractivity contribution in [1.29, 1.82) is 0 Å². The Balaban J connectivity index is 1.18. The van der Waals surface area contributed by atoms with E-state index in [0.29, 0.717) is 0 Å². The first-order valence-corrected chi connectivity index (χ1v) is 19.4. The topological polar surface area (TPSA) is 22.9 Å². The van der Waals surface area contributed by atoms with Gasteiger partial charge < -0.3 is 19.1 Å². The number of anilines is 9. The van der Waals surface area contributed by atoms with Crippen LogP contribution < -0.4 is 31.1 Å². The molecule has 1 aromatic heterocycles. The Morgan fingerprint density at radius 2 is 1.07 bits per heavy atom. The molecule has 2 aliphatic heterocycles. The predicted octanol–water partition coefficient (Wildman–Crippen LogP) is 12.1. The lowest BCUT2D eigenvalue weighted by Gasteiger charge is -2.44. The van der Waals surface area contributed by atoms with Crippen molar-refractivity contribution < 1.29 is 4.42 Å². The number of hydrogen-bond donors (Lipinski definition) is 0. The van der Waals surface area contributed by atoms with Gasteiger partial charge in [0.2, 0.25) is 0 Å². The summed E-state index contributed by atoms with van der Waals surface area (Å²) < 4.78 is 6.67. The first-order chi connectivity index (χ1) is 27.5. The molecular formula is C51H38BN3O. The molecule has 0 aliphatic carbocycles. The highest BCUT2D eigenvalue weighted by Gasteiger charge is 2.43. The van der Waals surface area contributed by atoms with E-state index in [0.717, 1.165) is 56.1 Å². The number of nitrogens with zero attached hydrogens (tertiary/aromatic N) is 3. The molecule has 3 heterocycles. The fourth-order valence-corrected chi connectivity index (χ4v) is 9.04. The zero-order chi connectivity index (χ0) is 37.5. The second-order valence-electron chi connectivity index (χ2n) is 15.2. The molecule has 9 aromatic rings. The van der Waals surface area contributed by atoms with Crippen molar-refractivity contribution in [1.82, 2.24) is 0 Å². The first kappa shape index (κ1) is 32.5. The van der Waals surface area contributed by atoms with Crippen LogP contribution in [0.4, 0.5) is 51.2 Å². The van der Waals surface area contributed by atoms with Gasteiger partial charge in [0.15, 0.2) is 5.58 Å². The normalized spacial score (nSPS) is 12.8. The fourth-order valence-electron chi connectivity index (χ4n) is 9.04. The first-order valence-electron chi connectivity index (χ1n) is 19.4. The Morgan fingerprint density at radius 3 is 1.80 bits per heavy atom. The molecule has 2 aliphatic rings. The zero-order valence-corrected chi connectivity index (χ0v) is 31.6. The third kappa shape index (κ3) is 4.94. The van der Waals surface area contributed by atoms with Crippen LogP contribution in [0.2, 0.25) is 0 Å². The lowest BCUT2D eigenvalue weighted by molar-refractivity contribution is 0.669. The van der Waals surface area contributed by atoms with E-state index in [9.17, 15) is 0 Å². The van der Waals surface area contributed by atoms with E-state index in [4.69, 9.17) is 4.42 Å². The Hall–Kier alpha value is -6.98. The SMILES string of the molecule is Cc1ccc(N2c3ccc(C)cc3B3c4ccc(N(c5ccccc5)c5cccc6c5oc5ccccc56)cc4N(c4ccc(C)cc4)c4cccc2c43)cc1. The van der Waals surface area contributed by atoms with Crippen molar-refractivity contribution in [3.05, 3.63) is 193 Å². The Bertz CT molecular complexity index is 2970. The average molecular weight is 720 g/mol. The molecule has 266 valence electrons. The minimum Gasteiger partial charge on any atom is -0.454 e. The van der Waals surface area contributed by atoms with Crippen molar-refractivity contribution in [3.63, 3.8) is 0 Å². The molecule has 0 bridgehead atoms. The summed E-state index contributed by atoms with van der Waals surface area (Å²) in [7, 11) is 0. The Kier molecular flexibility index (Phi) is 7.27. The van der Waals surface area contributed by atoms with Crippen LogP contribution in [0, 0.1) is 20.8 Å². The standard InChI is InChI=1S/C51H38BN3O/c1-33-19-24-37(25-20-33)54-44-30-23-35(3)31-43(44)52-42-29-28-39(32-48(42)55(38-26-21-34(2)22-27-38)46-16-10-15-45(54)50(46)52)53(36-11-5-4-6-12-36)47-17-9-14-41-40-13-7-8-18-49(40)56-51(41)47/h4-32H,1-3H3. The minimum atomic E-state index is 0.0347. The summed E-state index contributed by atoms with van der Waals surface area (Å²) in [5, 5.41) is 2.22. The smallest absolute Gasteiger partial charge is 0.252 e. The number of hydrogen-bond acceptors (Lipinski definition) is 4. The van der Waals surface area contributed by atoms with Gasteiger partial charge in [-0.05, 0) is 116 Å². The van der Waals surface area contributed by atoms with E-state index in [1.165, 1.54) is 50.1 Å². The van der Waals surface area contributed by atoms with Gasteiger partial charge in [0.1, 0.15) is 5.58 Å². The summed E-state index contributed by atoms with van der Waals surface area (Å²) in [4.78, 5) is 7.29. The lowest BCUT2D eigenvalue weighted by Crippen LogP contribution is -2.61. The van der Waals surface area contributed by atoms with Crippen LogP contribution in [0.5, 0.6) is 0 Å². The van der Waals surface area contributed by atoms with Crippen molar-refractivity contribution in [3.8, 4) is 0 Å². The largest absolute Gasteiger partial charge is 0.454 e. The highest BCUT2D eigenvalue weighted by Crippen LogP contribution is 2.47. The van der Waals surface area contributed by atoms with E-state index < -0.39 is 0 Å². The molecule has 56 heavy (non-hydrogen) atoms. The lowest BCUT2D eigenvalue weighted by atomic mass is 9.33. The molecule has 8 aromatic carbocycles. The molecule has 5 heteroatoms. The van der Waals surface area contributed by atoms with E-state index >= 15 is 0 Å². The van der Waals surface area contributed by atoms with Crippen molar-refractivity contribution in [2.75, 3.05) is 14.7 Å². The van der Waals surface area contributed by atoms with Gasteiger partial charge in [-0.15, -0.1) is 0 Å². The van der Waals surface area contributed by atoms with E-state index in [-0.39, 0.29) is 6.71 Å². The molecule has 0 saturated carbocycles. The van der Waals surface area contributed by atoms with Crippen molar-refractivity contribution in [2.24, 2.45) is 0 Å². The quantitative estimate of drug-likeness (QED) is 0.165. The second kappa shape index (κ2) is 12.5. The van der Waals surface area contributed by atoms with Crippen LogP contribution in [0.1, 0.15) is 16.7 Å². The highest BCUT2D eigenvalue weighted by atomic mass is 16.3. The molecule has 0 amide bonds. The van der Waals surface area contributed by atoms with Crippen LogP contribution in [0.25, 0.3) is 21.9 Å². The molecule has 0 spiro atoms. The van der Waals surface area contributed by atoms with Crippen LogP contribution in [0.15, 0.2) is 180 Å². The molecule has 0 N–H and O–H groups in total. The van der Waals surface area contributed by atoms with Crippen molar-refractivity contribution >= 4 is 96.2 Å². The number of aryl methyl sites for hydroxylation is 3. The maximum Gasteiger partial charge on any atom is 0.252 e. The van der Waals surface area contributed by atoms with Crippen LogP contribution in [-0.2, 0) is 0 Å². The molecule has 0 atom stereocenters. The van der Waals surface area contributed by atoms with Gasteiger partial charge >= 0.3 is 0 Å². The minimum absolute atomic E-state index is 0.0347. The summed E-state index contributed by atoms with van der Waals surface area (Å²) in [6.07, 6.45) is 0. The maximum absolute atomic E-state index is 6.67. The Morgan fingerprint density at radius 1 is 0.446 bits per heavy atom. The molecule has 0 radical (unpaired) electrons. The average Bonchev–Trinajstić information content (AvgIpc) is 3.62. The molecule has 4 nitrogen and oxygen atoms in total. The zero-order valence-electron chi connectivity index (χ0n) is 31.6. The number of benzene rings is 8. The van der Waals surface area contributed by atoms with Gasteiger partial charge in [-0.2, -0.15) is 0 Å². The summed E-state index contributed by atoms with van der Waals surface area (Å²) in [5.74, 6) is 0. The molecule has 0 fully saturated rings.